The van der Waals surface area contributed by atoms with Gasteiger partial charge in [0.05, 0.1) is 4.92 Å². The van der Waals surface area contributed by atoms with E-state index in [-0.39, 0.29) is 11.6 Å². The van der Waals surface area contributed by atoms with Crippen LogP contribution in [0.5, 0.6) is 0 Å². The summed E-state index contributed by atoms with van der Waals surface area (Å²) in [4.78, 5) is 25.6. The smallest absolute Gasteiger partial charge is 0.273 e. The number of para-hydroxylation sites is 1. The first-order chi connectivity index (χ1) is 10.1. The molecule has 6 nitrogen and oxygen atoms in total. The summed E-state index contributed by atoms with van der Waals surface area (Å²) >= 11 is 0. The van der Waals surface area contributed by atoms with Crippen molar-refractivity contribution in [1.82, 2.24) is 0 Å². The fraction of sp³-hybridized carbons (Fsp3) is 0.533. The lowest BCUT2D eigenvalue weighted by Crippen LogP contribution is -2.40. The van der Waals surface area contributed by atoms with Gasteiger partial charge in [0.25, 0.3) is 5.69 Å². The van der Waals surface area contributed by atoms with Crippen LogP contribution in [0.25, 0.3) is 0 Å². The minimum absolute atomic E-state index is 0.0505. The van der Waals surface area contributed by atoms with Crippen LogP contribution in [0.1, 0.15) is 44.1 Å². The second-order valence-corrected chi connectivity index (χ2v) is 5.10. The number of nitrogens with zero attached hydrogens (tertiary/aromatic N) is 2. The van der Waals surface area contributed by atoms with E-state index in [9.17, 15) is 14.9 Å². The predicted octanol–water partition coefficient (Wildman–Crippen LogP) is 3.32. The maximum Gasteiger partial charge on any atom is 0.273 e. The highest BCUT2D eigenvalue weighted by Gasteiger charge is 2.45. The number of carbonyl (C=O) groups excluding carboxylic acids is 1. The van der Waals surface area contributed by atoms with Crippen molar-refractivity contribution in [3.63, 3.8) is 0 Å². The van der Waals surface area contributed by atoms with Gasteiger partial charge in [-0.15, -0.1) is 0 Å². The van der Waals surface area contributed by atoms with E-state index in [1.165, 1.54) is 6.07 Å². The average Bonchev–Trinajstić information content (AvgIpc) is 2.48. The summed E-state index contributed by atoms with van der Waals surface area (Å²) in [6, 6.07) is 6.60. The number of aliphatic imine (C=N–C) groups is 1. The summed E-state index contributed by atoms with van der Waals surface area (Å²) in [6.07, 6.45) is 4.68. The van der Waals surface area contributed by atoms with Gasteiger partial charge in [0.1, 0.15) is 0 Å². The molecule has 6 heteroatoms. The second-order valence-electron chi connectivity index (χ2n) is 5.10. The molecule has 2 unspecified atom stereocenters. The van der Waals surface area contributed by atoms with E-state index >= 15 is 0 Å². The molecule has 1 fully saturated rings. The molecule has 1 saturated carbocycles. The molecule has 2 rings (SSSR count). The van der Waals surface area contributed by atoms with E-state index in [1.54, 1.807) is 24.3 Å². The van der Waals surface area contributed by atoms with Crippen molar-refractivity contribution in [3.8, 4) is 0 Å². The van der Waals surface area contributed by atoms with Gasteiger partial charge in [-0.05, 0) is 26.2 Å². The number of hydrogen-bond acceptors (Lipinski definition) is 5. The third-order valence-corrected chi connectivity index (χ3v) is 3.96. The lowest BCUT2D eigenvalue weighted by atomic mass is 9.76. The first-order valence-electron chi connectivity index (χ1n) is 7.11. The number of nitro groups is 1. The molecule has 1 aromatic carbocycles. The Morgan fingerprint density at radius 3 is 2.90 bits per heavy atom. The summed E-state index contributed by atoms with van der Waals surface area (Å²) in [5.41, 5.74) is -0.398. The van der Waals surface area contributed by atoms with Crippen molar-refractivity contribution in [2.75, 3.05) is 6.61 Å². The molecule has 0 spiro atoms. The van der Waals surface area contributed by atoms with Crippen molar-refractivity contribution in [2.24, 2.45) is 4.99 Å². The fourth-order valence-electron chi connectivity index (χ4n) is 3.14. The van der Waals surface area contributed by atoms with Gasteiger partial charge in [0.2, 0.25) is 6.08 Å². The quantitative estimate of drug-likeness (QED) is 0.360. The molecule has 0 saturated heterocycles. The standard InChI is InChI=1S/C15H18N2O4/c1-2-21-15(16-11-18)10-6-5-8-13(15)12-7-3-4-9-14(12)17(19)20/h3-4,7,9,13H,2,5-6,8,10H2,1H3. The Morgan fingerprint density at radius 1 is 1.48 bits per heavy atom. The molecular formula is C15H18N2O4. The lowest BCUT2D eigenvalue weighted by Gasteiger charge is -2.39. The number of benzene rings is 1. The molecule has 0 radical (unpaired) electrons. The normalized spacial score (nSPS) is 25.1. The molecule has 0 bridgehead atoms. The summed E-state index contributed by atoms with van der Waals surface area (Å²) < 4.78 is 5.76. The van der Waals surface area contributed by atoms with Crippen LogP contribution in [0.4, 0.5) is 5.69 Å². The largest absolute Gasteiger partial charge is 0.353 e. The minimum Gasteiger partial charge on any atom is -0.353 e. The molecule has 112 valence electrons. The molecule has 1 aromatic rings. The number of rotatable bonds is 5. The molecule has 0 amide bonds. The van der Waals surface area contributed by atoms with Crippen molar-refractivity contribution >= 4 is 11.8 Å². The fourth-order valence-corrected chi connectivity index (χ4v) is 3.14. The zero-order chi connectivity index (χ0) is 15.3. The predicted molar refractivity (Wildman–Crippen MR) is 76.8 cm³/mol. The molecule has 21 heavy (non-hydrogen) atoms. The molecule has 0 N–H and O–H groups in total. The van der Waals surface area contributed by atoms with Crippen molar-refractivity contribution in [2.45, 2.75) is 44.2 Å². The van der Waals surface area contributed by atoms with E-state index in [2.05, 4.69) is 4.99 Å². The SMILES string of the molecule is CCOC1(N=C=O)CCCCC1c1ccccc1[N+](=O)[O-]. The van der Waals surface area contributed by atoms with Crippen molar-refractivity contribution in [3.05, 3.63) is 39.9 Å². The monoisotopic (exact) mass is 290 g/mol. The van der Waals surface area contributed by atoms with Crippen LogP contribution < -0.4 is 0 Å². The maximum atomic E-state index is 11.2. The Balaban J connectivity index is 2.52. The zero-order valence-corrected chi connectivity index (χ0v) is 11.9. The van der Waals surface area contributed by atoms with Crippen LogP contribution in [-0.4, -0.2) is 23.3 Å². The van der Waals surface area contributed by atoms with Crippen molar-refractivity contribution in [1.29, 1.82) is 0 Å². The summed E-state index contributed by atoms with van der Waals surface area (Å²) in [5.74, 6) is -0.297. The van der Waals surface area contributed by atoms with Gasteiger partial charge in [-0.2, -0.15) is 4.99 Å². The third-order valence-electron chi connectivity index (χ3n) is 3.96. The lowest BCUT2D eigenvalue weighted by molar-refractivity contribution is -0.386. The number of ether oxygens (including phenoxy) is 1. The highest BCUT2D eigenvalue weighted by atomic mass is 16.6. The Labute approximate surface area is 123 Å². The minimum atomic E-state index is -1.03. The Kier molecular flexibility index (Phi) is 4.83. The number of hydrogen-bond donors (Lipinski definition) is 0. The van der Waals surface area contributed by atoms with Crippen LogP contribution >= 0.6 is 0 Å². The number of nitro benzene ring substituents is 1. The molecule has 0 heterocycles. The third kappa shape index (κ3) is 3.01. The van der Waals surface area contributed by atoms with Crippen LogP contribution in [0.3, 0.4) is 0 Å². The zero-order valence-electron chi connectivity index (χ0n) is 11.9. The van der Waals surface area contributed by atoms with Gasteiger partial charge < -0.3 is 4.74 Å². The highest BCUT2D eigenvalue weighted by Crippen LogP contribution is 2.46. The highest BCUT2D eigenvalue weighted by molar-refractivity contribution is 5.45. The molecule has 1 aliphatic rings. The van der Waals surface area contributed by atoms with Crippen LogP contribution in [-0.2, 0) is 9.53 Å². The van der Waals surface area contributed by atoms with E-state index in [0.717, 1.165) is 12.8 Å². The van der Waals surface area contributed by atoms with E-state index < -0.39 is 10.6 Å². The van der Waals surface area contributed by atoms with E-state index in [4.69, 9.17) is 4.74 Å². The van der Waals surface area contributed by atoms with E-state index in [1.807, 2.05) is 6.92 Å². The van der Waals surface area contributed by atoms with Gasteiger partial charge >= 0.3 is 0 Å². The van der Waals surface area contributed by atoms with Crippen LogP contribution in [0.15, 0.2) is 29.3 Å². The summed E-state index contributed by atoms with van der Waals surface area (Å²) in [7, 11) is 0. The Hall–Kier alpha value is -2.04. The molecule has 0 aliphatic heterocycles. The Morgan fingerprint density at radius 2 is 2.24 bits per heavy atom. The molecule has 1 aliphatic carbocycles. The Bertz CT molecular complexity index is 565. The van der Waals surface area contributed by atoms with Gasteiger partial charge in [-0.3, -0.25) is 10.1 Å². The van der Waals surface area contributed by atoms with Crippen molar-refractivity contribution < 1.29 is 14.5 Å². The van der Waals surface area contributed by atoms with Crippen LogP contribution in [0, 0.1) is 10.1 Å². The van der Waals surface area contributed by atoms with Gasteiger partial charge in [-0.25, -0.2) is 4.79 Å². The average molecular weight is 290 g/mol. The molecule has 2 atom stereocenters. The van der Waals surface area contributed by atoms with Gasteiger partial charge in [0, 0.05) is 24.2 Å². The topological polar surface area (TPSA) is 81.8 Å². The van der Waals surface area contributed by atoms with Gasteiger partial charge in [-0.1, -0.05) is 24.6 Å². The first kappa shape index (κ1) is 15.4. The first-order valence-corrected chi connectivity index (χ1v) is 7.11. The summed E-state index contributed by atoms with van der Waals surface area (Å²) in [6.45, 7) is 2.22. The molecular weight excluding hydrogens is 272 g/mol. The van der Waals surface area contributed by atoms with Gasteiger partial charge in [0.15, 0.2) is 5.72 Å². The maximum absolute atomic E-state index is 11.2. The second kappa shape index (κ2) is 6.61. The molecule has 0 aromatic heterocycles. The summed E-state index contributed by atoms with van der Waals surface area (Å²) in [5, 5.41) is 11.2. The number of isocyanates is 1. The van der Waals surface area contributed by atoms with E-state index in [0.29, 0.717) is 25.0 Å². The van der Waals surface area contributed by atoms with Crippen LogP contribution in [0.2, 0.25) is 0 Å².